The zero-order chi connectivity index (χ0) is 11.6. The number of rotatable bonds is 3. The average Bonchev–Trinajstić information content (AvgIpc) is 2.16. The smallest absolute Gasteiger partial charge is 0.271 e. The van der Waals surface area contributed by atoms with E-state index in [1.54, 1.807) is 0 Å². The first-order valence-electron chi connectivity index (χ1n) is 4.00. The van der Waals surface area contributed by atoms with E-state index in [4.69, 9.17) is 4.74 Å². The quantitative estimate of drug-likeness (QED) is 0.482. The molecule has 15 heavy (non-hydrogen) atoms. The third-order valence-corrected chi connectivity index (χ3v) is 2.41. The van der Waals surface area contributed by atoms with E-state index in [0.29, 0.717) is 10.2 Å². The van der Waals surface area contributed by atoms with Crippen molar-refractivity contribution in [3.05, 3.63) is 32.3 Å². The summed E-state index contributed by atoms with van der Waals surface area (Å²) < 4.78 is 5.37. The Bertz CT molecular complexity index is 430. The van der Waals surface area contributed by atoms with Gasteiger partial charge in [-0.15, -0.1) is 0 Å². The standard InChI is InChI=1S/C9H8BrNO4/c1-5(12)7-3-6(11(13)14)4-8(10)9(7)15-2/h3-4H,1-2H3. The van der Waals surface area contributed by atoms with Crippen LogP contribution < -0.4 is 4.74 Å². The number of ketones is 1. The number of ether oxygens (including phenoxy) is 1. The van der Waals surface area contributed by atoms with Crippen molar-refractivity contribution in [2.75, 3.05) is 7.11 Å². The van der Waals surface area contributed by atoms with Crippen molar-refractivity contribution in [3.63, 3.8) is 0 Å². The fraction of sp³-hybridized carbons (Fsp3) is 0.222. The Hall–Kier alpha value is -1.43. The third kappa shape index (κ3) is 2.33. The van der Waals surface area contributed by atoms with Crippen LogP contribution in [0.3, 0.4) is 0 Å². The molecule has 0 atom stereocenters. The van der Waals surface area contributed by atoms with Gasteiger partial charge in [0.1, 0.15) is 5.75 Å². The van der Waals surface area contributed by atoms with Crippen molar-refractivity contribution in [1.29, 1.82) is 0 Å². The molecule has 0 heterocycles. The highest BCUT2D eigenvalue weighted by molar-refractivity contribution is 9.10. The Balaban J connectivity index is 3.45. The lowest BCUT2D eigenvalue weighted by molar-refractivity contribution is -0.385. The number of Topliss-reactive ketones (excluding diaryl/α,β-unsaturated/α-hetero) is 1. The van der Waals surface area contributed by atoms with Crippen molar-refractivity contribution in [2.24, 2.45) is 0 Å². The number of nitro groups is 1. The number of carbonyl (C=O) groups is 1. The summed E-state index contributed by atoms with van der Waals surface area (Å²) in [7, 11) is 1.40. The molecular formula is C9H8BrNO4. The molecule has 5 nitrogen and oxygen atoms in total. The lowest BCUT2D eigenvalue weighted by atomic mass is 10.1. The number of hydrogen-bond acceptors (Lipinski definition) is 4. The monoisotopic (exact) mass is 273 g/mol. The molecule has 0 aliphatic rings. The minimum Gasteiger partial charge on any atom is -0.495 e. The fourth-order valence-electron chi connectivity index (χ4n) is 1.15. The first-order chi connectivity index (χ1) is 6.97. The molecule has 1 aromatic rings. The van der Waals surface area contributed by atoms with E-state index < -0.39 is 4.92 Å². The lowest BCUT2D eigenvalue weighted by Gasteiger charge is -2.07. The molecule has 0 saturated carbocycles. The number of nitrogens with zero attached hydrogens (tertiary/aromatic N) is 1. The van der Waals surface area contributed by atoms with E-state index in [1.165, 1.54) is 26.2 Å². The molecule has 0 aliphatic carbocycles. The average molecular weight is 274 g/mol. The van der Waals surface area contributed by atoms with Crippen LogP contribution in [-0.2, 0) is 0 Å². The lowest BCUT2D eigenvalue weighted by Crippen LogP contribution is -2.00. The van der Waals surface area contributed by atoms with E-state index >= 15 is 0 Å². The van der Waals surface area contributed by atoms with Gasteiger partial charge in [-0.2, -0.15) is 0 Å². The molecule has 80 valence electrons. The highest BCUT2D eigenvalue weighted by Crippen LogP contribution is 2.33. The van der Waals surface area contributed by atoms with Crippen molar-refractivity contribution in [3.8, 4) is 5.75 Å². The highest BCUT2D eigenvalue weighted by Gasteiger charge is 2.18. The highest BCUT2D eigenvalue weighted by atomic mass is 79.9. The van der Waals surface area contributed by atoms with Crippen molar-refractivity contribution in [2.45, 2.75) is 6.92 Å². The summed E-state index contributed by atoms with van der Waals surface area (Å²) in [4.78, 5) is 21.2. The predicted octanol–water partition coefficient (Wildman–Crippen LogP) is 2.57. The van der Waals surface area contributed by atoms with E-state index in [1.807, 2.05) is 0 Å². The topological polar surface area (TPSA) is 69.4 Å². The van der Waals surface area contributed by atoms with Gasteiger partial charge in [-0.25, -0.2) is 0 Å². The number of benzene rings is 1. The van der Waals surface area contributed by atoms with Gasteiger partial charge >= 0.3 is 0 Å². The molecule has 1 rings (SSSR count). The van der Waals surface area contributed by atoms with Gasteiger partial charge in [0.25, 0.3) is 5.69 Å². The van der Waals surface area contributed by atoms with Crippen molar-refractivity contribution >= 4 is 27.4 Å². The maximum absolute atomic E-state index is 11.2. The molecule has 1 aromatic carbocycles. The molecule has 0 radical (unpaired) electrons. The van der Waals surface area contributed by atoms with E-state index in [9.17, 15) is 14.9 Å². The molecule has 0 fully saturated rings. The zero-order valence-electron chi connectivity index (χ0n) is 8.11. The summed E-state index contributed by atoms with van der Waals surface area (Å²) in [5.74, 6) is 0.0318. The van der Waals surface area contributed by atoms with Gasteiger partial charge in [0.15, 0.2) is 5.78 Å². The first kappa shape index (κ1) is 11.6. The van der Waals surface area contributed by atoms with Crippen LogP contribution in [0.15, 0.2) is 16.6 Å². The van der Waals surface area contributed by atoms with Crippen LogP contribution in [-0.4, -0.2) is 17.8 Å². The Labute approximate surface area is 94.3 Å². The summed E-state index contributed by atoms with van der Waals surface area (Å²) in [5, 5.41) is 10.6. The second-order valence-corrected chi connectivity index (χ2v) is 3.68. The Kier molecular flexibility index (Phi) is 3.41. The van der Waals surface area contributed by atoms with Gasteiger partial charge in [-0.05, 0) is 22.9 Å². The van der Waals surface area contributed by atoms with E-state index in [2.05, 4.69) is 15.9 Å². The molecule has 6 heteroatoms. The van der Waals surface area contributed by atoms with Crippen LogP contribution in [0, 0.1) is 10.1 Å². The SMILES string of the molecule is COc1c(Br)cc([N+](=O)[O-])cc1C(C)=O. The van der Waals surface area contributed by atoms with Crippen LogP contribution >= 0.6 is 15.9 Å². The van der Waals surface area contributed by atoms with Crippen LogP contribution in [0.4, 0.5) is 5.69 Å². The van der Waals surface area contributed by atoms with Gasteiger partial charge in [-0.1, -0.05) is 0 Å². The van der Waals surface area contributed by atoms with Gasteiger partial charge < -0.3 is 4.74 Å². The number of methoxy groups -OCH3 is 1. The molecule has 0 aromatic heterocycles. The summed E-state index contributed by atoms with van der Waals surface area (Å²) >= 11 is 3.11. The van der Waals surface area contributed by atoms with Crippen LogP contribution in [0.25, 0.3) is 0 Å². The Morgan fingerprint density at radius 1 is 1.53 bits per heavy atom. The molecule has 0 aliphatic heterocycles. The molecule has 0 unspecified atom stereocenters. The molecule has 0 spiro atoms. The van der Waals surface area contributed by atoms with Gasteiger partial charge in [0, 0.05) is 12.1 Å². The summed E-state index contributed by atoms with van der Waals surface area (Å²) in [5.41, 5.74) is 0.0476. The van der Waals surface area contributed by atoms with Gasteiger partial charge in [-0.3, -0.25) is 14.9 Å². The fourth-order valence-corrected chi connectivity index (χ4v) is 1.76. The minimum atomic E-state index is -0.559. The number of hydrogen-bond donors (Lipinski definition) is 0. The summed E-state index contributed by atoms with van der Waals surface area (Å²) in [6, 6.07) is 2.50. The second kappa shape index (κ2) is 4.39. The number of nitro benzene ring substituents is 1. The zero-order valence-corrected chi connectivity index (χ0v) is 9.70. The Morgan fingerprint density at radius 2 is 2.13 bits per heavy atom. The molecule has 0 saturated heterocycles. The second-order valence-electron chi connectivity index (χ2n) is 2.82. The largest absolute Gasteiger partial charge is 0.495 e. The summed E-state index contributed by atoms with van der Waals surface area (Å²) in [6.45, 7) is 1.33. The van der Waals surface area contributed by atoms with Gasteiger partial charge in [0.2, 0.25) is 0 Å². The number of carbonyl (C=O) groups excluding carboxylic acids is 1. The predicted molar refractivity (Wildman–Crippen MR) is 57.4 cm³/mol. The molecule has 0 N–H and O–H groups in total. The summed E-state index contributed by atoms with van der Waals surface area (Å²) in [6.07, 6.45) is 0. The normalized spacial score (nSPS) is 9.80. The Morgan fingerprint density at radius 3 is 2.53 bits per heavy atom. The molecule has 0 bridgehead atoms. The first-order valence-corrected chi connectivity index (χ1v) is 4.79. The van der Waals surface area contributed by atoms with Crippen LogP contribution in [0.2, 0.25) is 0 Å². The maximum Gasteiger partial charge on any atom is 0.271 e. The van der Waals surface area contributed by atoms with Crippen LogP contribution in [0.1, 0.15) is 17.3 Å². The van der Waals surface area contributed by atoms with Crippen molar-refractivity contribution in [1.82, 2.24) is 0 Å². The number of non-ortho nitro benzene ring substituents is 1. The third-order valence-electron chi connectivity index (χ3n) is 1.82. The van der Waals surface area contributed by atoms with Gasteiger partial charge in [0.05, 0.1) is 22.1 Å². The van der Waals surface area contributed by atoms with Crippen molar-refractivity contribution < 1.29 is 14.5 Å². The molecular weight excluding hydrogens is 266 g/mol. The van der Waals surface area contributed by atoms with E-state index in [-0.39, 0.29) is 17.0 Å². The number of halogens is 1. The van der Waals surface area contributed by atoms with Crippen LogP contribution in [0.5, 0.6) is 5.75 Å². The van der Waals surface area contributed by atoms with E-state index in [0.717, 1.165) is 0 Å². The maximum atomic E-state index is 11.2. The minimum absolute atomic E-state index is 0.145. The molecule has 0 amide bonds.